The Hall–Kier alpha value is -4.01. The standard InChI is InChI=1S/C23H24N4O5/c1-13-5-7-18(30-2)16(9-13)25-21(28)11-17-23(29)26-22-15(12-24-27(17)22)14-6-8-19(31-3)20(10-14)32-4/h5-10,12,17H,11H2,1-4H3,(H,25,28)(H,26,29). The maximum absolute atomic E-state index is 12.7. The summed E-state index contributed by atoms with van der Waals surface area (Å²) in [7, 11) is 4.66. The lowest BCUT2D eigenvalue weighted by molar-refractivity contribution is -0.123. The average Bonchev–Trinajstić information content (AvgIpc) is 3.32. The molecule has 166 valence electrons. The number of aryl methyl sites for hydroxylation is 1. The molecule has 0 saturated heterocycles. The lowest BCUT2D eigenvalue weighted by Crippen LogP contribution is -2.23. The average molecular weight is 436 g/mol. The second-order valence-electron chi connectivity index (χ2n) is 7.38. The van der Waals surface area contributed by atoms with Crippen LogP contribution in [0.25, 0.3) is 11.1 Å². The first-order chi connectivity index (χ1) is 15.4. The van der Waals surface area contributed by atoms with Crippen LogP contribution in [0.2, 0.25) is 0 Å². The topological polar surface area (TPSA) is 104 Å². The molecule has 2 amide bonds. The van der Waals surface area contributed by atoms with Gasteiger partial charge in [-0.3, -0.25) is 9.59 Å². The van der Waals surface area contributed by atoms with E-state index < -0.39 is 6.04 Å². The Morgan fingerprint density at radius 3 is 2.50 bits per heavy atom. The molecule has 9 heteroatoms. The summed E-state index contributed by atoms with van der Waals surface area (Å²) < 4.78 is 17.5. The number of carbonyl (C=O) groups is 2. The van der Waals surface area contributed by atoms with E-state index in [-0.39, 0.29) is 18.2 Å². The maximum atomic E-state index is 12.7. The minimum Gasteiger partial charge on any atom is -0.495 e. The molecule has 2 aromatic carbocycles. The summed E-state index contributed by atoms with van der Waals surface area (Å²) in [5, 5.41) is 10.0. The molecule has 0 bridgehead atoms. The molecule has 0 spiro atoms. The van der Waals surface area contributed by atoms with Crippen molar-refractivity contribution in [2.24, 2.45) is 0 Å². The molecule has 1 unspecified atom stereocenters. The predicted molar refractivity (Wildman–Crippen MR) is 119 cm³/mol. The molecule has 0 saturated carbocycles. The van der Waals surface area contributed by atoms with E-state index in [1.807, 2.05) is 31.2 Å². The highest BCUT2D eigenvalue weighted by Crippen LogP contribution is 2.39. The maximum Gasteiger partial charge on any atom is 0.251 e. The van der Waals surface area contributed by atoms with Gasteiger partial charge in [-0.25, -0.2) is 4.68 Å². The zero-order chi connectivity index (χ0) is 22.8. The molecule has 2 heterocycles. The number of carbonyl (C=O) groups excluding carboxylic acids is 2. The van der Waals surface area contributed by atoms with Gasteiger partial charge in [-0.2, -0.15) is 5.10 Å². The molecule has 1 aliphatic rings. The van der Waals surface area contributed by atoms with Crippen LogP contribution in [0, 0.1) is 6.92 Å². The molecule has 9 nitrogen and oxygen atoms in total. The predicted octanol–water partition coefficient (Wildman–Crippen LogP) is 3.41. The van der Waals surface area contributed by atoms with Crippen molar-refractivity contribution in [3.8, 4) is 28.4 Å². The van der Waals surface area contributed by atoms with Gasteiger partial charge in [-0.15, -0.1) is 0 Å². The fourth-order valence-corrected chi connectivity index (χ4v) is 3.72. The molecule has 4 rings (SSSR count). The molecule has 1 atom stereocenters. The highest BCUT2D eigenvalue weighted by atomic mass is 16.5. The van der Waals surface area contributed by atoms with Crippen LogP contribution < -0.4 is 24.8 Å². The smallest absolute Gasteiger partial charge is 0.251 e. The molecule has 2 N–H and O–H groups in total. The Morgan fingerprint density at radius 1 is 1.06 bits per heavy atom. The van der Waals surface area contributed by atoms with E-state index in [0.717, 1.165) is 16.7 Å². The second-order valence-corrected chi connectivity index (χ2v) is 7.38. The van der Waals surface area contributed by atoms with Crippen LogP contribution in [-0.2, 0) is 9.59 Å². The summed E-state index contributed by atoms with van der Waals surface area (Å²) in [6.07, 6.45) is 1.59. The molecule has 0 radical (unpaired) electrons. The molecule has 0 aliphatic carbocycles. The van der Waals surface area contributed by atoms with E-state index in [0.29, 0.717) is 28.8 Å². The number of fused-ring (bicyclic) bond motifs is 1. The van der Waals surface area contributed by atoms with Crippen molar-refractivity contribution in [3.63, 3.8) is 0 Å². The summed E-state index contributed by atoms with van der Waals surface area (Å²) in [6.45, 7) is 1.92. The fraction of sp³-hybridized carbons (Fsp3) is 0.261. The van der Waals surface area contributed by atoms with Gasteiger partial charge in [0.15, 0.2) is 11.5 Å². The number of benzene rings is 2. The van der Waals surface area contributed by atoms with E-state index in [1.165, 1.54) is 7.11 Å². The highest BCUT2D eigenvalue weighted by Gasteiger charge is 2.35. The van der Waals surface area contributed by atoms with Gasteiger partial charge in [-0.1, -0.05) is 12.1 Å². The first kappa shape index (κ1) is 21.2. The zero-order valence-electron chi connectivity index (χ0n) is 18.3. The summed E-state index contributed by atoms with van der Waals surface area (Å²) >= 11 is 0. The van der Waals surface area contributed by atoms with Gasteiger partial charge in [0.05, 0.1) is 39.6 Å². The third-order valence-electron chi connectivity index (χ3n) is 5.34. The van der Waals surface area contributed by atoms with E-state index in [1.54, 1.807) is 37.2 Å². The number of hydrogen-bond acceptors (Lipinski definition) is 6. The first-order valence-electron chi connectivity index (χ1n) is 10.0. The quantitative estimate of drug-likeness (QED) is 0.588. The Balaban J connectivity index is 1.56. The summed E-state index contributed by atoms with van der Waals surface area (Å²) in [5.74, 6) is 1.65. The highest BCUT2D eigenvalue weighted by molar-refractivity contribution is 6.04. The molecule has 1 aromatic heterocycles. The molecular weight excluding hydrogens is 412 g/mol. The van der Waals surface area contributed by atoms with Crippen molar-refractivity contribution < 1.29 is 23.8 Å². The number of aromatic nitrogens is 2. The normalized spacial score (nSPS) is 14.5. The molecule has 1 aliphatic heterocycles. The van der Waals surface area contributed by atoms with Gasteiger partial charge in [0, 0.05) is 5.56 Å². The van der Waals surface area contributed by atoms with Crippen LogP contribution in [0.4, 0.5) is 11.5 Å². The van der Waals surface area contributed by atoms with Crippen molar-refractivity contribution in [1.29, 1.82) is 0 Å². The van der Waals surface area contributed by atoms with E-state index in [9.17, 15) is 9.59 Å². The van der Waals surface area contributed by atoms with Gasteiger partial charge < -0.3 is 24.8 Å². The van der Waals surface area contributed by atoms with Gasteiger partial charge in [0.1, 0.15) is 17.6 Å². The van der Waals surface area contributed by atoms with E-state index in [4.69, 9.17) is 14.2 Å². The van der Waals surface area contributed by atoms with Gasteiger partial charge in [0.2, 0.25) is 5.91 Å². The van der Waals surface area contributed by atoms with Crippen molar-refractivity contribution in [2.75, 3.05) is 32.0 Å². The minimum absolute atomic E-state index is 0.0665. The number of nitrogens with zero attached hydrogens (tertiary/aromatic N) is 2. The number of methoxy groups -OCH3 is 3. The van der Waals surface area contributed by atoms with Crippen molar-refractivity contribution in [1.82, 2.24) is 9.78 Å². The van der Waals surface area contributed by atoms with Crippen LogP contribution >= 0.6 is 0 Å². The van der Waals surface area contributed by atoms with Gasteiger partial charge >= 0.3 is 0 Å². The van der Waals surface area contributed by atoms with Gasteiger partial charge in [-0.05, 0) is 42.3 Å². The number of hydrogen-bond donors (Lipinski definition) is 2. The first-order valence-corrected chi connectivity index (χ1v) is 10.0. The molecule has 3 aromatic rings. The molecular formula is C23H24N4O5. The third kappa shape index (κ3) is 3.84. The number of ether oxygens (including phenoxy) is 3. The van der Waals surface area contributed by atoms with Crippen molar-refractivity contribution in [3.05, 3.63) is 48.2 Å². The van der Waals surface area contributed by atoms with Crippen LogP contribution in [0.5, 0.6) is 17.2 Å². The van der Waals surface area contributed by atoms with E-state index >= 15 is 0 Å². The zero-order valence-corrected chi connectivity index (χ0v) is 18.3. The van der Waals surface area contributed by atoms with Crippen LogP contribution in [-0.4, -0.2) is 42.9 Å². The van der Waals surface area contributed by atoms with Gasteiger partial charge in [0.25, 0.3) is 5.91 Å². The SMILES string of the molecule is COc1ccc(C)cc1NC(=O)CC1C(=O)Nc2c(-c3ccc(OC)c(OC)c3)cnn21. The Bertz CT molecular complexity index is 1190. The number of amides is 2. The number of nitrogens with one attached hydrogen (secondary N) is 2. The number of rotatable bonds is 7. The van der Waals surface area contributed by atoms with Crippen LogP contribution in [0.15, 0.2) is 42.6 Å². The largest absolute Gasteiger partial charge is 0.495 e. The second kappa shape index (κ2) is 8.62. The lowest BCUT2D eigenvalue weighted by atomic mass is 10.1. The van der Waals surface area contributed by atoms with Crippen molar-refractivity contribution in [2.45, 2.75) is 19.4 Å². The summed E-state index contributed by atoms with van der Waals surface area (Å²) in [6, 6.07) is 10.2. The molecule has 0 fully saturated rings. The third-order valence-corrected chi connectivity index (χ3v) is 5.34. The Labute approximate surface area is 185 Å². The monoisotopic (exact) mass is 436 g/mol. The molecule has 32 heavy (non-hydrogen) atoms. The van der Waals surface area contributed by atoms with Crippen LogP contribution in [0.3, 0.4) is 0 Å². The summed E-state index contributed by atoms with van der Waals surface area (Å²) in [5.41, 5.74) is 3.07. The Kier molecular flexibility index (Phi) is 5.72. The summed E-state index contributed by atoms with van der Waals surface area (Å²) in [4.78, 5) is 25.4. The van der Waals surface area contributed by atoms with Crippen molar-refractivity contribution >= 4 is 23.3 Å². The lowest BCUT2D eigenvalue weighted by Gasteiger charge is -2.13. The number of anilines is 2. The van der Waals surface area contributed by atoms with E-state index in [2.05, 4.69) is 15.7 Å². The Morgan fingerprint density at radius 2 is 1.78 bits per heavy atom. The minimum atomic E-state index is -0.755. The fourth-order valence-electron chi connectivity index (χ4n) is 3.72. The van der Waals surface area contributed by atoms with Crippen LogP contribution in [0.1, 0.15) is 18.0 Å².